The van der Waals surface area contributed by atoms with Crippen LogP contribution in [0.1, 0.15) is 102 Å². The van der Waals surface area contributed by atoms with Crippen LogP contribution in [0.4, 0.5) is 5.69 Å². The molecule has 0 saturated carbocycles. The van der Waals surface area contributed by atoms with Crippen molar-refractivity contribution in [3.63, 3.8) is 0 Å². The number of carbonyl (C=O) groups is 1. The summed E-state index contributed by atoms with van der Waals surface area (Å²) < 4.78 is 0. The number of amides is 1. The van der Waals surface area contributed by atoms with E-state index in [1.807, 2.05) is 12.1 Å². The molecule has 0 aliphatic carbocycles. The molecule has 0 aliphatic rings. The monoisotopic (exact) mass is 388 g/mol. The summed E-state index contributed by atoms with van der Waals surface area (Å²) in [5, 5.41) is 6.17. The Hall–Kier alpha value is -1.51. The maximum Gasteiger partial charge on any atom is 0.239 e. The van der Waals surface area contributed by atoms with Crippen molar-refractivity contribution in [2.45, 2.75) is 104 Å². The number of hydrogen-bond acceptors (Lipinski definition) is 2. The van der Waals surface area contributed by atoms with E-state index in [1.54, 1.807) is 0 Å². The predicted octanol–water partition coefficient (Wildman–Crippen LogP) is 7.00. The predicted molar refractivity (Wildman–Crippen MR) is 123 cm³/mol. The van der Waals surface area contributed by atoms with Crippen LogP contribution in [-0.2, 0) is 4.79 Å². The third kappa shape index (κ3) is 14.5. The van der Waals surface area contributed by atoms with Crippen LogP contribution in [0.2, 0.25) is 0 Å². The Kier molecular flexibility index (Phi) is 15.4. The van der Waals surface area contributed by atoms with E-state index in [0.29, 0.717) is 6.54 Å². The van der Waals surface area contributed by atoms with Gasteiger partial charge in [-0.1, -0.05) is 108 Å². The van der Waals surface area contributed by atoms with E-state index in [2.05, 4.69) is 36.6 Å². The SMILES string of the molecule is CCCCCCCCCCCCCCCCNC(=O)CNc1ccc(C)cc1. The third-order valence-electron chi connectivity index (χ3n) is 5.36. The first-order valence-corrected chi connectivity index (χ1v) is 11.8. The second-order valence-electron chi connectivity index (χ2n) is 8.17. The number of unbranched alkanes of at least 4 members (excludes halogenated alkanes) is 13. The van der Waals surface area contributed by atoms with Gasteiger partial charge in [-0.3, -0.25) is 4.79 Å². The Morgan fingerprint density at radius 1 is 0.714 bits per heavy atom. The molecule has 1 rings (SSSR count). The van der Waals surface area contributed by atoms with E-state index in [9.17, 15) is 4.79 Å². The Morgan fingerprint density at radius 2 is 1.18 bits per heavy atom. The molecule has 0 aromatic heterocycles. The van der Waals surface area contributed by atoms with E-state index in [0.717, 1.165) is 18.7 Å². The van der Waals surface area contributed by atoms with Crippen molar-refractivity contribution < 1.29 is 4.79 Å². The molecule has 160 valence electrons. The minimum absolute atomic E-state index is 0.0790. The van der Waals surface area contributed by atoms with Gasteiger partial charge in [-0.15, -0.1) is 0 Å². The van der Waals surface area contributed by atoms with Crippen molar-refractivity contribution in [2.24, 2.45) is 0 Å². The van der Waals surface area contributed by atoms with E-state index in [-0.39, 0.29) is 5.91 Å². The molecule has 0 radical (unpaired) electrons. The van der Waals surface area contributed by atoms with Gasteiger partial charge in [0.2, 0.25) is 5.91 Å². The van der Waals surface area contributed by atoms with Crippen LogP contribution in [-0.4, -0.2) is 19.0 Å². The summed E-state index contributed by atoms with van der Waals surface area (Å²) in [6, 6.07) is 8.12. The number of aryl methyl sites for hydroxylation is 1. The summed E-state index contributed by atoms with van der Waals surface area (Å²) in [4.78, 5) is 11.8. The lowest BCUT2D eigenvalue weighted by atomic mass is 10.0. The smallest absolute Gasteiger partial charge is 0.239 e. The van der Waals surface area contributed by atoms with Crippen LogP contribution in [0, 0.1) is 6.92 Å². The minimum atomic E-state index is 0.0790. The summed E-state index contributed by atoms with van der Waals surface area (Å²) in [6.07, 6.45) is 19.1. The van der Waals surface area contributed by atoms with Gasteiger partial charge < -0.3 is 10.6 Å². The fraction of sp³-hybridized carbons (Fsp3) is 0.720. The molecule has 0 bridgehead atoms. The normalized spacial score (nSPS) is 10.8. The Bertz CT molecular complexity index is 484. The van der Waals surface area contributed by atoms with Crippen LogP contribution in [0.25, 0.3) is 0 Å². The molecule has 1 amide bonds. The first-order chi connectivity index (χ1) is 13.7. The van der Waals surface area contributed by atoms with Gasteiger partial charge in [0.25, 0.3) is 0 Å². The van der Waals surface area contributed by atoms with Gasteiger partial charge in [-0.05, 0) is 25.5 Å². The second-order valence-corrected chi connectivity index (χ2v) is 8.17. The van der Waals surface area contributed by atoms with Gasteiger partial charge >= 0.3 is 0 Å². The topological polar surface area (TPSA) is 41.1 Å². The summed E-state index contributed by atoms with van der Waals surface area (Å²) in [5.74, 6) is 0.0790. The molecular formula is C25H44N2O. The highest BCUT2D eigenvalue weighted by molar-refractivity contribution is 5.80. The lowest BCUT2D eigenvalue weighted by Gasteiger charge is -2.08. The van der Waals surface area contributed by atoms with Crippen molar-refractivity contribution in [1.82, 2.24) is 5.32 Å². The van der Waals surface area contributed by atoms with Crippen LogP contribution in [0.15, 0.2) is 24.3 Å². The van der Waals surface area contributed by atoms with Gasteiger partial charge in [0.05, 0.1) is 6.54 Å². The Labute approximate surface area is 174 Å². The lowest BCUT2D eigenvalue weighted by molar-refractivity contribution is -0.119. The van der Waals surface area contributed by atoms with Crippen LogP contribution < -0.4 is 10.6 Å². The summed E-state index contributed by atoms with van der Waals surface area (Å²) in [5.41, 5.74) is 2.23. The Morgan fingerprint density at radius 3 is 1.68 bits per heavy atom. The molecule has 3 heteroatoms. The minimum Gasteiger partial charge on any atom is -0.376 e. The molecule has 1 aromatic carbocycles. The highest BCUT2D eigenvalue weighted by Gasteiger charge is 2.00. The average Bonchev–Trinajstić information content (AvgIpc) is 2.70. The van der Waals surface area contributed by atoms with Crippen LogP contribution >= 0.6 is 0 Å². The van der Waals surface area contributed by atoms with Gasteiger partial charge in [0, 0.05) is 12.2 Å². The average molecular weight is 389 g/mol. The molecular weight excluding hydrogens is 344 g/mol. The van der Waals surface area contributed by atoms with Gasteiger partial charge in [0.1, 0.15) is 0 Å². The van der Waals surface area contributed by atoms with Crippen molar-refractivity contribution in [3.05, 3.63) is 29.8 Å². The van der Waals surface area contributed by atoms with E-state index in [1.165, 1.54) is 89.0 Å². The summed E-state index contributed by atoms with van der Waals surface area (Å²) >= 11 is 0. The quantitative estimate of drug-likeness (QED) is 0.266. The fourth-order valence-electron chi connectivity index (χ4n) is 3.46. The number of anilines is 1. The molecule has 1 aromatic rings. The number of hydrogen-bond donors (Lipinski definition) is 2. The molecule has 2 N–H and O–H groups in total. The van der Waals surface area contributed by atoms with Gasteiger partial charge in [0.15, 0.2) is 0 Å². The zero-order chi connectivity index (χ0) is 20.3. The molecule has 0 saturated heterocycles. The molecule has 0 fully saturated rings. The number of rotatable bonds is 18. The van der Waals surface area contributed by atoms with Crippen LogP contribution in [0.5, 0.6) is 0 Å². The van der Waals surface area contributed by atoms with Crippen LogP contribution in [0.3, 0.4) is 0 Å². The lowest BCUT2D eigenvalue weighted by Crippen LogP contribution is -2.30. The molecule has 0 heterocycles. The zero-order valence-corrected chi connectivity index (χ0v) is 18.5. The molecule has 0 atom stereocenters. The van der Waals surface area contributed by atoms with E-state index < -0.39 is 0 Å². The van der Waals surface area contributed by atoms with E-state index in [4.69, 9.17) is 0 Å². The van der Waals surface area contributed by atoms with Gasteiger partial charge in [-0.2, -0.15) is 0 Å². The van der Waals surface area contributed by atoms with Crippen molar-refractivity contribution >= 4 is 11.6 Å². The van der Waals surface area contributed by atoms with E-state index >= 15 is 0 Å². The molecule has 0 unspecified atom stereocenters. The highest BCUT2D eigenvalue weighted by atomic mass is 16.1. The zero-order valence-electron chi connectivity index (χ0n) is 18.5. The number of nitrogens with one attached hydrogen (secondary N) is 2. The maximum atomic E-state index is 11.8. The molecule has 0 aliphatic heterocycles. The maximum absolute atomic E-state index is 11.8. The standard InChI is InChI=1S/C25H44N2O/c1-3-4-5-6-7-8-9-10-11-12-13-14-15-16-21-26-25(28)22-27-24-19-17-23(2)18-20-24/h17-20,27H,3-16,21-22H2,1-2H3,(H,26,28). The molecule has 28 heavy (non-hydrogen) atoms. The van der Waals surface area contributed by atoms with Crippen molar-refractivity contribution in [2.75, 3.05) is 18.4 Å². The second kappa shape index (κ2) is 17.6. The highest BCUT2D eigenvalue weighted by Crippen LogP contribution is 2.13. The van der Waals surface area contributed by atoms with Crippen molar-refractivity contribution in [1.29, 1.82) is 0 Å². The molecule has 0 spiro atoms. The summed E-state index contributed by atoms with van der Waals surface area (Å²) in [7, 11) is 0. The van der Waals surface area contributed by atoms with Crippen molar-refractivity contribution in [3.8, 4) is 0 Å². The third-order valence-corrected chi connectivity index (χ3v) is 5.36. The summed E-state index contributed by atoms with van der Waals surface area (Å²) in [6.45, 7) is 5.49. The fourth-order valence-corrected chi connectivity index (χ4v) is 3.46. The Balaban J connectivity index is 1.80. The molecule has 3 nitrogen and oxygen atoms in total. The first kappa shape index (κ1) is 24.5. The number of carbonyl (C=O) groups excluding carboxylic acids is 1. The van der Waals surface area contributed by atoms with Gasteiger partial charge in [-0.25, -0.2) is 0 Å². The first-order valence-electron chi connectivity index (χ1n) is 11.8. The largest absolute Gasteiger partial charge is 0.376 e. The number of benzene rings is 1.